The summed E-state index contributed by atoms with van der Waals surface area (Å²) in [7, 11) is 0. The third-order valence-corrected chi connectivity index (χ3v) is 3.37. The first-order valence-electron chi connectivity index (χ1n) is 6.74. The zero-order valence-corrected chi connectivity index (χ0v) is 11.8. The molecule has 1 heterocycles. The average molecular weight is 306 g/mol. The van der Waals surface area contributed by atoms with Gasteiger partial charge in [-0.05, 0) is 29.8 Å². The van der Waals surface area contributed by atoms with Gasteiger partial charge in [0.15, 0.2) is 0 Å². The van der Waals surface area contributed by atoms with Gasteiger partial charge in [0.1, 0.15) is 0 Å². The summed E-state index contributed by atoms with van der Waals surface area (Å²) in [6.07, 6.45) is 1.18. The number of fused-ring (bicyclic) bond motifs is 1. The van der Waals surface area contributed by atoms with Crippen LogP contribution < -0.4 is 15.5 Å². The van der Waals surface area contributed by atoms with Crippen molar-refractivity contribution in [3.05, 3.63) is 65.9 Å². The molecular formula is C17H10N2O4-2. The summed E-state index contributed by atoms with van der Waals surface area (Å²) >= 11 is 0. The van der Waals surface area contributed by atoms with E-state index in [0.29, 0.717) is 16.6 Å². The molecule has 3 rings (SSSR count). The second kappa shape index (κ2) is 5.76. The van der Waals surface area contributed by atoms with Crippen molar-refractivity contribution >= 4 is 34.2 Å². The van der Waals surface area contributed by atoms with Crippen molar-refractivity contribution in [2.75, 3.05) is 5.32 Å². The molecule has 0 bridgehead atoms. The van der Waals surface area contributed by atoms with Crippen LogP contribution in [-0.2, 0) is 0 Å². The molecule has 0 atom stereocenters. The molecule has 0 aliphatic carbocycles. The van der Waals surface area contributed by atoms with Crippen molar-refractivity contribution in [2.45, 2.75) is 0 Å². The molecule has 6 heteroatoms. The molecule has 2 aromatic carbocycles. The van der Waals surface area contributed by atoms with E-state index in [1.54, 1.807) is 24.3 Å². The zero-order valence-electron chi connectivity index (χ0n) is 11.8. The van der Waals surface area contributed by atoms with Gasteiger partial charge in [0.2, 0.25) is 0 Å². The Balaban J connectivity index is 2.25. The minimum atomic E-state index is -1.41. The second-order valence-electron chi connectivity index (χ2n) is 4.84. The lowest BCUT2D eigenvalue weighted by atomic mass is 10.1. The normalized spacial score (nSPS) is 10.4. The number of carboxylic acid groups (broad SMARTS) is 2. The van der Waals surface area contributed by atoms with Crippen molar-refractivity contribution in [3.63, 3.8) is 0 Å². The van der Waals surface area contributed by atoms with Crippen LogP contribution in [0, 0.1) is 0 Å². The Morgan fingerprint density at radius 3 is 2.35 bits per heavy atom. The van der Waals surface area contributed by atoms with Crippen LogP contribution in [0.4, 0.5) is 11.4 Å². The molecule has 3 aromatic rings. The number of pyridine rings is 1. The highest BCUT2D eigenvalue weighted by atomic mass is 16.4. The van der Waals surface area contributed by atoms with Gasteiger partial charge in [-0.1, -0.05) is 24.3 Å². The number of anilines is 2. The van der Waals surface area contributed by atoms with Gasteiger partial charge in [0.25, 0.3) is 0 Å². The third-order valence-electron chi connectivity index (χ3n) is 3.37. The Hall–Kier alpha value is -3.41. The van der Waals surface area contributed by atoms with Crippen LogP contribution in [0.15, 0.2) is 54.7 Å². The van der Waals surface area contributed by atoms with Gasteiger partial charge in [0, 0.05) is 22.8 Å². The number of para-hydroxylation sites is 1. The Morgan fingerprint density at radius 1 is 0.957 bits per heavy atom. The Labute approximate surface area is 131 Å². The van der Waals surface area contributed by atoms with Crippen LogP contribution >= 0.6 is 0 Å². The quantitative estimate of drug-likeness (QED) is 0.761. The van der Waals surface area contributed by atoms with Crippen molar-refractivity contribution < 1.29 is 19.8 Å². The Morgan fingerprint density at radius 2 is 1.70 bits per heavy atom. The van der Waals surface area contributed by atoms with Crippen LogP contribution in [-0.4, -0.2) is 16.9 Å². The fourth-order valence-corrected chi connectivity index (χ4v) is 2.27. The van der Waals surface area contributed by atoms with E-state index in [0.717, 1.165) is 0 Å². The highest BCUT2D eigenvalue weighted by Crippen LogP contribution is 2.29. The number of carbonyl (C=O) groups excluding carboxylic acids is 2. The number of nitrogens with zero attached hydrogens (tertiary/aromatic N) is 1. The maximum Gasteiger partial charge on any atom is 0.0752 e. The van der Waals surface area contributed by atoms with Gasteiger partial charge in [-0.3, -0.25) is 4.98 Å². The number of aromatic carboxylic acids is 2. The van der Waals surface area contributed by atoms with Gasteiger partial charge >= 0.3 is 0 Å². The molecule has 114 valence electrons. The monoisotopic (exact) mass is 306 g/mol. The molecule has 0 amide bonds. The zero-order chi connectivity index (χ0) is 16.4. The predicted octanol–water partition coefficient (Wildman–Crippen LogP) is 0.705. The SMILES string of the molecule is O=C([O-])c1ccc2ncc(C(=O)[O-])c(Nc3ccccc3)c2c1. The number of aromatic nitrogens is 1. The van der Waals surface area contributed by atoms with E-state index >= 15 is 0 Å². The van der Waals surface area contributed by atoms with Gasteiger partial charge in [-0.25, -0.2) is 0 Å². The average Bonchev–Trinajstić information content (AvgIpc) is 2.55. The fraction of sp³-hybridized carbons (Fsp3) is 0. The lowest BCUT2D eigenvalue weighted by molar-refractivity contribution is -0.256. The molecule has 0 saturated heterocycles. The number of benzene rings is 2. The molecule has 1 N–H and O–H groups in total. The summed E-state index contributed by atoms with van der Waals surface area (Å²) in [5.74, 6) is -2.76. The number of nitrogens with one attached hydrogen (secondary N) is 1. The molecule has 1 aromatic heterocycles. The van der Waals surface area contributed by atoms with Gasteiger partial charge in [-0.15, -0.1) is 0 Å². The molecule has 0 aliphatic heterocycles. The number of rotatable bonds is 4. The summed E-state index contributed by atoms with van der Waals surface area (Å²) in [4.78, 5) is 26.4. The lowest BCUT2D eigenvalue weighted by Gasteiger charge is -2.16. The van der Waals surface area contributed by atoms with E-state index in [2.05, 4.69) is 10.3 Å². The number of carboxylic acids is 2. The molecule has 23 heavy (non-hydrogen) atoms. The largest absolute Gasteiger partial charge is 0.545 e. The minimum Gasteiger partial charge on any atom is -0.545 e. The summed E-state index contributed by atoms with van der Waals surface area (Å²) < 4.78 is 0. The van der Waals surface area contributed by atoms with Gasteiger partial charge in [-0.2, -0.15) is 0 Å². The van der Waals surface area contributed by atoms with E-state index in [-0.39, 0.29) is 16.8 Å². The second-order valence-corrected chi connectivity index (χ2v) is 4.84. The Kier molecular flexibility index (Phi) is 3.64. The van der Waals surface area contributed by atoms with E-state index in [1.165, 1.54) is 24.4 Å². The first-order valence-corrected chi connectivity index (χ1v) is 6.74. The standard InChI is InChI=1S/C17H12N2O4/c20-16(21)10-6-7-14-12(8-10)15(13(9-18-14)17(22)23)19-11-4-2-1-3-5-11/h1-9H,(H,18,19)(H,20,21)(H,22,23)/p-2. The van der Waals surface area contributed by atoms with Crippen molar-refractivity contribution in [2.24, 2.45) is 0 Å². The summed E-state index contributed by atoms with van der Waals surface area (Å²) in [6, 6.07) is 13.1. The van der Waals surface area contributed by atoms with E-state index < -0.39 is 11.9 Å². The third kappa shape index (κ3) is 2.82. The highest BCUT2D eigenvalue weighted by molar-refractivity contribution is 6.06. The van der Waals surface area contributed by atoms with E-state index in [1.807, 2.05) is 6.07 Å². The van der Waals surface area contributed by atoms with Crippen molar-refractivity contribution in [3.8, 4) is 0 Å². The predicted molar refractivity (Wildman–Crippen MR) is 80.1 cm³/mol. The summed E-state index contributed by atoms with van der Waals surface area (Å²) in [5.41, 5.74) is 1.12. The molecule has 0 saturated carbocycles. The smallest absolute Gasteiger partial charge is 0.0752 e. The Bertz CT molecular complexity index is 902. The number of hydrogen-bond acceptors (Lipinski definition) is 6. The number of carbonyl (C=O) groups is 2. The maximum atomic E-state index is 11.4. The summed E-state index contributed by atoms with van der Waals surface area (Å²) in [5, 5.41) is 25.8. The van der Waals surface area contributed by atoms with Crippen LogP contribution in [0.5, 0.6) is 0 Å². The van der Waals surface area contributed by atoms with Crippen molar-refractivity contribution in [1.29, 1.82) is 0 Å². The molecular weight excluding hydrogens is 296 g/mol. The van der Waals surface area contributed by atoms with Crippen LogP contribution in [0.25, 0.3) is 10.9 Å². The van der Waals surface area contributed by atoms with Crippen LogP contribution in [0.1, 0.15) is 20.7 Å². The molecule has 6 nitrogen and oxygen atoms in total. The van der Waals surface area contributed by atoms with Crippen LogP contribution in [0.3, 0.4) is 0 Å². The molecule has 0 spiro atoms. The maximum absolute atomic E-state index is 11.4. The summed E-state index contributed by atoms with van der Waals surface area (Å²) in [6.45, 7) is 0. The van der Waals surface area contributed by atoms with Crippen molar-refractivity contribution in [1.82, 2.24) is 4.98 Å². The molecule has 0 fully saturated rings. The van der Waals surface area contributed by atoms with Gasteiger partial charge < -0.3 is 25.1 Å². The van der Waals surface area contributed by atoms with Crippen LogP contribution in [0.2, 0.25) is 0 Å². The molecule has 0 radical (unpaired) electrons. The first kappa shape index (κ1) is 14.5. The topological polar surface area (TPSA) is 105 Å². The molecule has 0 unspecified atom stereocenters. The highest BCUT2D eigenvalue weighted by Gasteiger charge is 2.11. The van der Waals surface area contributed by atoms with Gasteiger partial charge in [0.05, 0.1) is 23.1 Å². The first-order chi connectivity index (χ1) is 11.1. The minimum absolute atomic E-state index is 0.0640. The van der Waals surface area contributed by atoms with E-state index in [9.17, 15) is 19.8 Å². The fourth-order valence-electron chi connectivity index (χ4n) is 2.27. The number of hydrogen-bond donors (Lipinski definition) is 1. The lowest BCUT2D eigenvalue weighted by Crippen LogP contribution is -2.24. The van der Waals surface area contributed by atoms with E-state index in [4.69, 9.17) is 0 Å². The molecule has 0 aliphatic rings.